The molecular formula is C21H24N4O2. The highest BCUT2D eigenvalue weighted by Crippen LogP contribution is 2.16. The molecule has 140 valence electrons. The molecule has 0 aliphatic rings. The van der Waals surface area contributed by atoms with E-state index in [-0.39, 0.29) is 6.03 Å². The summed E-state index contributed by atoms with van der Waals surface area (Å²) in [5.41, 5.74) is 3.28. The molecule has 0 saturated heterocycles. The zero-order chi connectivity index (χ0) is 19.2. The predicted molar refractivity (Wildman–Crippen MR) is 106 cm³/mol. The molecule has 0 saturated carbocycles. The van der Waals surface area contributed by atoms with Crippen LogP contribution in [0.5, 0.6) is 0 Å². The first-order valence-electron chi connectivity index (χ1n) is 8.94. The maximum Gasteiger partial charge on any atom is 0.319 e. The van der Waals surface area contributed by atoms with Crippen molar-refractivity contribution >= 4 is 11.7 Å². The van der Waals surface area contributed by atoms with Crippen LogP contribution in [0.1, 0.15) is 18.2 Å². The van der Waals surface area contributed by atoms with Crippen molar-refractivity contribution in [2.45, 2.75) is 32.4 Å². The Hall–Kier alpha value is -3.12. The first-order chi connectivity index (χ1) is 13.0. The predicted octanol–water partition coefficient (Wildman–Crippen LogP) is 3.29. The van der Waals surface area contributed by atoms with E-state index in [0.29, 0.717) is 17.8 Å². The monoisotopic (exact) mass is 364 g/mol. The van der Waals surface area contributed by atoms with Gasteiger partial charge in [-0.2, -0.15) is 5.10 Å². The third kappa shape index (κ3) is 4.95. The van der Waals surface area contributed by atoms with Crippen LogP contribution in [-0.2, 0) is 6.42 Å². The van der Waals surface area contributed by atoms with E-state index in [1.54, 1.807) is 17.8 Å². The van der Waals surface area contributed by atoms with E-state index in [9.17, 15) is 9.90 Å². The van der Waals surface area contributed by atoms with Crippen molar-refractivity contribution in [3.8, 4) is 5.69 Å². The van der Waals surface area contributed by atoms with Gasteiger partial charge in [0.25, 0.3) is 0 Å². The fourth-order valence-corrected chi connectivity index (χ4v) is 2.79. The van der Waals surface area contributed by atoms with E-state index in [4.69, 9.17) is 0 Å². The van der Waals surface area contributed by atoms with Crippen LogP contribution in [0.4, 0.5) is 10.5 Å². The molecule has 0 fully saturated rings. The average molecular weight is 364 g/mol. The number of aliphatic hydroxyl groups is 1. The fraction of sp³-hybridized carbons (Fsp3) is 0.238. The minimum atomic E-state index is -0.675. The van der Waals surface area contributed by atoms with Crippen LogP contribution in [0.15, 0.2) is 66.9 Å². The molecule has 0 radical (unpaired) electrons. The Balaban J connectivity index is 1.58. The fourth-order valence-electron chi connectivity index (χ4n) is 2.79. The molecule has 0 bridgehead atoms. The van der Waals surface area contributed by atoms with Gasteiger partial charge in [0.15, 0.2) is 0 Å². The van der Waals surface area contributed by atoms with Gasteiger partial charge < -0.3 is 15.7 Å². The first-order valence-corrected chi connectivity index (χ1v) is 8.94. The van der Waals surface area contributed by atoms with Crippen LogP contribution < -0.4 is 10.6 Å². The summed E-state index contributed by atoms with van der Waals surface area (Å²) >= 11 is 0. The summed E-state index contributed by atoms with van der Waals surface area (Å²) in [4.78, 5) is 12.3. The van der Waals surface area contributed by atoms with E-state index in [1.165, 1.54) is 0 Å². The van der Waals surface area contributed by atoms with Gasteiger partial charge >= 0.3 is 6.03 Å². The Labute approximate surface area is 158 Å². The highest BCUT2D eigenvalue weighted by atomic mass is 16.3. The summed E-state index contributed by atoms with van der Waals surface area (Å²) in [6, 6.07) is 18.6. The first kappa shape index (κ1) is 18.7. The van der Waals surface area contributed by atoms with Gasteiger partial charge in [-0.3, -0.25) is 0 Å². The van der Waals surface area contributed by atoms with Crippen LogP contribution in [0.2, 0.25) is 0 Å². The molecule has 3 N–H and O–H groups in total. The van der Waals surface area contributed by atoms with Crippen molar-refractivity contribution < 1.29 is 9.90 Å². The zero-order valence-corrected chi connectivity index (χ0v) is 15.5. The minimum absolute atomic E-state index is 0.370. The molecule has 0 spiro atoms. The molecule has 2 unspecified atom stereocenters. The van der Waals surface area contributed by atoms with E-state index in [2.05, 4.69) is 15.7 Å². The van der Waals surface area contributed by atoms with Gasteiger partial charge in [0.2, 0.25) is 0 Å². The van der Waals surface area contributed by atoms with Gasteiger partial charge in [-0.15, -0.1) is 0 Å². The summed E-state index contributed by atoms with van der Waals surface area (Å²) in [6.45, 7) is 3.62. The smallest absolute Gasteiger partial charge is 0.319 e. The zero-order valence-electron chi connectivity index (χ0n) is 15.5. The summed E-state index contributed by atoms with van der Waals surface area (Å²) in [6.07, 6.45) is 1.58. The second kappa shape index (κ2) is 8.51. The maximum atomic E-state index is 12.3. The number of carbonyl (C=O) groups is 1. The SMILES string of the molecule is Cc1nn(-c2ccccc2)cc1NC(=O)NC(C)C(O)Cc1ccccc1. The van der Waals surface area contributed by atoms with Crippen molar-refractivity contribution in [1.82, 2.24) is 15.1 Å². The number of nitrogens with one attached hydrogen (secondary N) is 2. The highest BCUT2D eigenvalue weighted by molar-refractivity contribution is 5.89. The molecule has 27 heavy (non-hydrogen) atoms. The van der Waals surface area contributed by atoms with E-state index < -0.39 is 12.1 Å². The van der Waals surface area contributed by atoms with Gasteiger partial charge in [-0.1, -0.05) is 48.5 Å². The van der Waals surface area contributed by atoms with Gasteiger partial charge in [0.05, 0.1) is 35.4 Å². The number of para-hydroxylation sites is 1. The number of hydrogen-bond donors (Lipinski definition) is 3. The second-order valence-electron chi connectivity index (χ2n) is 6.55. The number of aliphatic hydroxyl groups excluding tert-OH is 1. The van der Waals surface area contributed by atoms with E-state index in [1.807, 2.05) is 67.6 Å². The Morgan fingerprint density at radius 1 is 1.11 bits per heavy atom. The molecular weight excluding hydrogens is 340 g/mol. The Morgan fingerprint density at radius 3 is 2.41 bits per heavy atom. The number of benzene rings is 2. The van der Waals surface area contributed by atoms with Crippen molar-refractivity contribution in [3.05, 3.63) is 78.1 Å². The Morgan fingerprint density at radius 2 is 1.74 bits per heavy atom. The molecule has 6 heteroatoms. The van der Waals surface area contributed by atoms with Crippen LogP contribution in [0, 0.1) is 6.92 Å². The summed E-state index contributed by atoms with van der Waals surface area (Å²) in [5, 5.41) is 20.4. The van der Waals surface area contributed by atoms with Gasteiger partial charge in [-0.05, 0) is 31.5 Å². The number of urea groups is 1. The number of aromatic nitrogens is 2. The number of aryl methyl sites for hydroxylation is 1. The quantitative estimate of drug-likeness (QED) is 0.628. The molecule has 3 rings (SSSR count). The largest absolute Gasteiger partial charge is 0.391 e. The van der Waals surface area contributed by atoms with E-state index in [0.717, 1.165) is 11.3 Å². The van der Waals surface area contributed by atoms with Gasteiger partial charge in [-0.25, -0.2) is 9.48 Å². The highest BCUT2D eigenvalue weighted by Gasteiger charge is 2.18. The number of amides is 2. The molecule has 0 aliphatic carbocycles. The lowest BCUT2D eigenvalue weighted by Crippen LogP contribution is -2.44. The molecule has 2 atom stereocenters. The average Bonchev–Trinajstić information content (AvgIpc) is 3.03. The number of rotatable bonds is 6. The molecule has 2 aromatic carbocycles. The van der Waals surface area contributed by atoms with Crippen LogP contribution in [0.25, 0.3) is 5.69 Å². The van der Waals surface area contributed by atoms with Crippen LogP contribution >= 0.6 is 0 Å². The Kier molecular flexibility index (Phi) is 5.88. The molecule has 3 aromatic rings. The third-order valence-corrected chi connectivity index (χ3v) is 4.39. The normalized spacial score (nSPS) is 13.0. The lowest BCUT2D eigenvalue weighted by Gasteiger charge is -2.20. The maximum absolute atomic E-state index is 12.3. The lowest BCUT2D eigenvalue weighted by atomic mass is 10.0. The van der Waals surface area contributed by atoms with Crippen molar-refractivity contribution in [2.24, 2.45) is 0 Å². The number of carbonyl (C=O) groups excluding carboxylic acids is 1. The molecule has 1 aromatic heterocycles. The molecule has 2 amide bonds. The summed E-state index contributed by atoms with van der Waals surface area (Å²) < 4.78 is 1.72. The van der Waals surface area contributed by atoms with Crippen LogP contribution in [-0.4, -0.2) is 33.1 Å². The van der Waals surface area contributed by atoms with Crippen molar-refractivity contribution in [3.63, 3.8) is 0 Å². The van der Waals surface area contributed by atoms with Gasteiger partial charge in [0, 0.05) is 6.42 Å². The van der Waals surface area contributed by atoms with E-state index >= 15 is 0 Å². The topological polar surface area (TPSA) is 79.2 Å². The Bertz CT molecular complexity index is 878. The number of anilines is 1. The summed E-state index contributed by atoms with van der Waals surface area (Å²) in [7, 11) is 0. The number of hydrogen-bond acceptors (Lipinski definition) is 3. The second-order valence-corrected chi connectivity index (χ2v) is 6.55. The standard InChI is InChI=1S/C21H24N4O2/c1-15-19(14-25(24-15)18-11-7-4-8-12-18)23-21(27)22-16(2)20(26)13-17-9-5-3-6-10-17/h3-12,14,16,20,26H,13H2,1-2H3,(H2,22,23,27). The molecule has 6 nitrogen and oxygen atoms in total. The van der Waals surface area contributed by atoms with Gasteiger partial charge in [0.1, 0.15) is 0 Å². The number of nitrogens with zero attached hydrogens (tertiary/aromatic N) is 2. The molecule has 0 aliphatic heterocycles. The van der Waals surface area contributed by atoms with Crippen LogP contribution in [0.3, 0.4) is 0 Å². The third-order valence-electron chi connectivity index (χ3n) is 4.39. The molecule has 1 heterocycles. The minimum Gasteiger partial charge on any atom is -0.391 e. The lowest BCUT2D eigenvalue weighted by molar-refractivity contribution is 0.137. The van der Waals surface area contributed by atoms with Crippen molar-refractivity contribution in [1.29, 1.82) is 0 Å². The van der Waals surface area contributed by atoms with Crippen molar-refractivity contribution in [2.75, 3.05) is 5.32 Å². The summed E-state index contributed by atoms with van der Waals surface area (Å²) in [5.74, 6) is 0.